The van der Waals surface area contributed by atoms with Gasteiger partial charge in [0.25, 0.3) is 0 Å². The number of nitriles is 1. The van der Waals surface area contributed by atoms with E-state index in [1.54, 1.807) is 0 Å². The molecular formula is C17H26N2O. The quantitative estimate of drug-likeness (QED) is 0.810. The first kappa shape index (κ1) is 15.1. The van der Waals surface area contributed by atoms with Crippen LogP contribution in [-0.2, 0) is 6.54 Å². The van der Waals surface area contributed by atoms with E-state index < -0.39 is 0 Å². The van der Waals surface area contributed by atoms with Gasteiger partial charge < -0.3 is 4.42 Å². The summed E-state index contributed by atoms with van der Waals surface area (Å²) in [6, 6.07) is 6.93. The van der Waals surface area contributed by atoms with Crippen LogP contribution in [0.3, 0.4) is 0 Å². The van der Waals surface area contributed by atoms with Gasteiger partial charge in [-0.2, -0.15) is 5.26 Å². The molecule has 2 rings (SSSR count). The predicted molar refractivity (Wildman–Crippen MR) is 80.1 cm³/mol. The molecule has 0 N–H and O–H groups in total. The summed E-state index contributed by atoms with van der Waals surface area (Å²) in [6.45, 7) is 5.02. The molecule has 3 unspecified atom stereocenters. The Labute approximate surface area is 122 Å². The van der Waals surface area contributed by atoms with Crippen molar-refractivity contribution in [3.63, 3.8) is 0 Å². The van der Waals surface area contributed by atoms with Gasteiger partial charge in [-0.05, 0) is 51.3 Å². The van der Waals surface area contributed by atoms with Gasteiger partial charge in [0.05, 0.1) is 18.5 Å². The van der Waals surface area contributed by atoms with E-state index in [0.29, 0.717) is 6.04 Å². The Morgan fingerprint density at radius 1 is 1.40 bits per heavy atom. The molecule has 3 nitrogen and oxygen atoms in total. The lowest BCUT2D eigenvalue weighted by Crippen LogP contribution is -2.41. The third-order valence-electron chi connectivity index (χ3n) is 4.56. The molecule has 0 saturated heterocycles. The van der Waals surface area contributed by atoms with Crippen molar-refractivity contribution in [1.82, 2.24) is 4.90 Å². The topological polar surface area (TPSA) is 40.2 Å². The SMILES string of the molecule is CCCC1CCC(C#N)C(N(C)Cc2ccc(C)o2)C1. The van der Waals surface area contributed by atoms with Crippen molar-refractivity contribution < 1.29 is 4.42 Å². The molecule has 1 aromatic rings. The minimum Gasteiger partial charge on any atom is -0.465 e. The fourth-order valence-electron chi connectivity index (χ4n) is 3.47. The molecular weight excluding hydrogens is 248 g/mol. The van der Waals surface area contributed by atoms with Gasteiger partial charge in [0.15, 0.2) is 0 Å². The summed E-state index contributed by atoms with van der Waals surface area (Å²) >= 11 is 0. The Hall–Kier alpha value is -1.27. The Morgan fingerprint density at radius 2 is 2.20 bits per heavy atom. The van der Waals surface area contributed by atoms with Crippen LogP contribution in [0.15, 0.2) is 16.5 Å². The maximum atomic E-state index is 9.40. The summed E-state index contributed by atoms with van der Waals surface area (Å²) in [5.41, 5.74) is 0. The molecule has 1 aliphatic rings. The average molecular weight is 274 g/mol. The second-order valence-electron chi connectivity index (χ2n) is 6.20. The van der Waals surface area contributed by atoms with Crippen LogP contribution in [0.25, 0.3) is 0 Å². The van der Waals surface area contributed by atoms with Gasteiger partial charge in [0, 0.05) is 6.04 Å². The smallest absolute Gasteiger partial charge is 0.118 e. The molecule has 0 amide bonds. The van der Waals surface area contributed by atoms with Gasteiger partial charge in [0.2, 0.25) is 0 Å². The maximum absolute atomic E-state index is 9.40. The number of rotatable bonds is 5. The molecule has 1 saturated carbocycles. The molecule has 0 radical (unpaired) electrons. The first-order valence-corrected chi connectivity index (χ1v) is 7.79. The van der Waals surface area contributed by atoms with Crippen LogP contribution >= 0.6 is 0 Å². The number of furan rings is 1. The van der Waals surface area contributed by atoms with E-state index in [1.807, 2.05) is 19.1 Å². The lowest BCUT2D eigenvalue weighted by molar-refractivity contribution is 0.109. The Balaban J connectivity index is 2.00. The van der Waals surface area contributed by atoms with Gasteiger partial charge >= 0.3 is 0 Å². The van der Waals surface area contributed by atoms with Crippen molar-refractivity contribution in [2.45, 2.75) is 58.5 Å². The molecule has 3 heteroatoms. The van der Waals surface area contributed by atoms with Gasteiger partial charge in [-0.3, -0.25) is 4.90 Å². The highest BCUT2D eigenvalue weighted by molar-refractivity contribution is 5.06. The molecule has 0 aliphatic heterocycles. The van der Waals surface area contributed by atoms with Gasteiger partial charge in [-0.15, -0.1) is 0 Å². The number of nitrogens with zero attached hydrogens (tertiary/aromatic N) is 2. The van der Waals surface area contributed by atoms with Crippen LogP contribution in [0.2, 0.25) is 0 Å². The highest BCUT2D eigenvalue weighted by atomic mass is 16.3. The zero-order valence-corrected chi connectivity index (χ0v) is 12.9. The minimum absolute atomic E-state index is 0.171. The molecule has 1 aliphatic carbocycles. The largest absolute Gasteiger partial charge is 0.465 e. The summed E-state index contributed by atoms with van der Waals surface area (Å²) in [7, 11) is 2.13. The first-order chi connectivity index (χ1) is 9.63. The van der Waals surface area contributed by atoms with Crippen molar-refractivity contribution in [3.8, 4) is 6.07 Å². The standard InChI is InChI=1S/C17H26N2O/c1-4-5-14-7-8-15(11-18)17(10-14)19(3)12-16-9-6-13(2)20-16/h6,9,14-15,17H,4-5,7-8,10,12H2,1-3H3. The summed E-state index contributed by atoms with van der Waals surface area (Å²) in [5, 5.41) is 9.40. The van der Waals surface area contributed by atoms with Gasteiger partial charge in [-0.25, -0.2) is 0 Å². The molecule has 110 valence electrons. The Bertz CT molecular complexity index is 460. The van der Waals surface area contributed by atoms with E-state index in [1.165, 1.54) is 19.3 Å². The maximum Gasteiger partial charge on any atom is 0.118 e. The molecule has 0 bridgehead atoms. The van der Waals surface area contributed by atoms with Crippen molar-refractivity contribution >= 4 is 0 Å². The van der Waals surface area contributed by atoms with Crippen LogP contribution < -0.4 is 0 Å². The highest BCUT2D eigenvalue weighted by Crippen LogP contribution is 2.34. The molecule has 3 atom stereocenters. The van der Waals surface area contributed by atoms with Crippen molar-refractivity contribution in [2.24, 2.45) is 11.8 Å². The summed E-state index contributed by atoms with van der Waals surface area (Å²) in [6.07, 6.45) is 5.96. The lowest BCUT2D eigenvalue weighted by atomic mass is 9.76. The zero-order chi connectivity index (χ0) is 14.5. The average Bonchev–Trinajstić information content (AvgIpc) is 2.84. The van der Waals surface area contributed by atoms with E-state index >= 15 is 0 Å². The van der Waals surface area contributed by atoms with Crippen LogP contribution in [0, 0.1) is 30.1 Å². The molecule has 20 heavy (non-hydrogen) atoms. The first-order valence-electron chi connectivity index (χ1n) is 7.79. The van der Waals surface area contributed by atoms with E-state index in [4.69, 9.17) is 4.42 Å². The third kappa shape index (κ3) is 3.64. The lowest BCUT2D eigenvalue weighted by Gasteiger charge is -2.38. The van der Waals surface area contributed by atoms with Crippen molar-refractivity contribution in [3.05, 3.63) is 23.7 Å². The van der Waals surface area contributed by atoms with Crippen molar-refractivity contribution in [2.75, 3.05) is 7.05 Å². The van der Waals surface area contributed by atoms with Crippen LogP contribution in [0.1, 0.15) is 50.5 Å². The fourth-order valence-corrected chi connectivity index (χ4v) is 3.47. The molecule has 1 fully saturated rings. The van der Waals surface area contributed by atoms with E-state index in [9.17, 15) is 5.26 Å². The number of aryl methyl sites for hydroxylation is 1. The monoisotopic (exact) mass is 274 g/mol. The zero-order valence-electron chi connectivity index (χ0n) is 12.9. The Kier molecular flexibility index (Phi) is 5.25. The fraction of sp³-hybridized carbons (Fsp3) is 0.706. The van der Waals surface area contributed by atoms with Gasteiger partial charge in [-0.1, -0.05) is 19.8 Å². The Morgan fingerprint density at radius 3 is 2.80 bits per heavy atom. The van der Waals surface area contributed by atoms with Crippen molar-refractivity contribution in [1.29, 1.82) is 5.26 Å². The van der Waals surface area contributed by atoms with Crippen LogP contribution in [0.4, 0.5) is 0 Å². The molecule has 1 heterocycles. The van der Waals surface area contributed by atoms with E-state index in [0.717, 1.165) is 36.8 Å². The number of hydrogen-bond donors (Lipinski definition) is 0. The summed E-state index contributed by atoms with van der Waals surface area (Å²) < 4.78 is 5.66. The molecule has 0 aromatic carbocycles. The van der Waals surface area contributed by atoms with Gasteiger partial charge in [0.1, 0.15) is 11.5 Å². The highest BCUT2D eigenvalue weighted by Gasteiger charge is 2.32. The van der Waals surface area contributed by atoms with E-state index in [2.05, 4.69) is 24.9 Å². The van der Waals surface area contributed by atoms with E-state index in [-0.39, 0.29) is 5.92 Å². The minimum atomic E-state index is 0.171. The predicted octanol–water partition coefficient (Wildman–Crippen LogP) is 4.13. The second kappa shape index (κ2) is 6.95. The molecule has 1 aromatic heterocycles. The summed E-state index contributed by atoms with van der Waals surface area (Å²) in [4.78, 5) is 2.31. The second-order valence-corrected chi connectivity index (χ2v) is 6.20. The summed E-state index contributed by atoms with van der Waals surface area (Å²) in [5.74, 6) is 2.91. The number of hydrogen-bond acceptors (Lipinski definition) is 3. The van der Waals surface area contributed by atoms with Crippen LogP contribution in [0.5, 0.6) is 0 Å². The molecule has 0 spiro atoms. The normalized spacial score (nSPS) is 26.6. The third-order valence-corrected chi connectivity index (χ3v) is 4.56. The van der Waals surface area contributed by atoms with Crippen LogP contribution in [-0.4, -0.2) is 18.0 Å².